The van der Waals surface area contributed by atoms with Crippen LogP contribution < -0.4 is 20.5 Å². The van der Waals surface area contributed by atoms with Crippen molar-refractivity contribution >= 4 is 33.7 Å². The predicted molar refractivity (Wildman–Crippen MR) is 97.0 cm³/mol. The van der Waals surface area contributed by atoms with Gasteiger partial charge in [-0.2, -0.15) is 0 Å². The molecule has 0 aliphatic rings. The van der Waals surface area contributed by atoms with E-state index < -0.39 is 22.0 Å². The third-order valence-electron chi connectivity index (χ3n) is 3.22. The highest BCUT2D eigenvalue weighted by Gasteiger charge is 2.09. The number of imide groups is 1. The van der Waals surface area contributed by atoms with Crippen LogP contribution in [0.15, 0.2) is 59.5 Å². The molecule has 9 heteroatoms. The minimum Gasteiger partial charge on any atom is -0.497 e. The van der Waals surface area contributed by atoms with Crippen LogP contribution in [0.2, 0.25) is 0 Å². The number of ether oxygens (including phenoxy) is 1. The molecule has 136 valence electrons. The number of anilines is 1. The fourth-order valence-corrected chi connectivity index (χ4v) is 2.45. The van der Waals surface area contributed by atoms with E-state index in [1.54, 1.807) is 37.5 Å². The molecule has 0 unspecified atom stereocenters. The van der Waals surface area contributed by atoms with Gasteiger partial charge in [0.05, 0.1) is 12.0 Å². The Morgan fingerprint density at radius 2 is 1.65 bits per heavy atom. The van der Waals surface area contributed by atoms with E-state index in [0.29, 0.717) is 11.4 Å². The molecule has 0 aromatic heterocycles. The summed E-state index contributed by atoms with van der Waals surface area (Å²) in [6.45, 7) is 0. The van der Waals surface area contributed by atoms with Crippen molar-refractivity contribution in [2.75, 3.05) is 12.4 Å². The van der Waals surface area contributed by atoms with E-state index in [9.17, 15) is 18.0 Å². The van der Waals surface area contributed by atoms with Crippen LogP contribution in [0.4, 0.5) is 10.5 Å². The molecule has 0 heterocycles. The highest BCUT2D eigenvalue weighted by molar-refractivity contribution is 7.89. The number of hydrogen-bond acceptors (Lipinski definition) is 5. The van der Waals surface area contributed by atoms with Crippen LogP contribution in [-0.2, 0) is 14.8 Å². The van der Waals surface area contributed by atoms with Gasteiger partial charge < -0.3 is 10.1 Å². The van der Waals surface area contributed by atoms with E-state index in [4.69, 9.17) is 9.88 Å². The van der Waals surface area contributed by atoms with Crippen LogP contribution in [0.5, 0.6) is 5.75 Å². The van der Waals surface area contributed by atoms with Crippen molar-refractivity contribution in [2.45, 2.75) is 4.90 Å². The van der Waals surface area contributed by atoms with Gasteiger partial charge in [-0.05, 0) is 48.0 Å². The van der Waals surface area contributed by atoms with Gasteiger partial charge in [0.1, 0.15) is 5.75 Å². The normalized spacial score (nSPS) is 11.2. The first-order chi connectivity index (χ1) is 12.3. The van der Waals surface area contributed by atoms with E-state index in [2.05, 4.69) is 10.6 Å². The molecular formula is C17H17N3O5S. The van der Waals surface area contributed by atoms with E-state index >= 15 is 0 Å². The summed E-state index contributed by atoms with van der Waals surface area (Å²) >= 11 is 0. The maximum Gasteiger partial charge on any atom is 0.326 e. The molecule has 0 fully saturated rings. The second-order valence-electron chi connectivity index (χ2n) is 5.12. The van der Waals surface area contributed by atoms with Crippen molar-refractivity contribution in [3.8, 4) is 5.75 Å². The molecule has 2 aromatic carbocycles. The summed E-state index contributed by atoms with van der Waals surface area (Å²) in [5, 5.41) is 9.52. The lowest BCUT2D eigenvalue weighted by Crippen LogP contribution is -2.33. The number of benzene rings is 2. The number of nitrogens with one attached hydrogen (secondary N) is 2. The van der Waals surface area contributed by atoms with E-state index in [-0.39, 0.29) is 4.90 Å². The molecule has 26 heavy (non-hydrogen) atoms. The van der Waals surface area contributed by atoms with Gasteiger partial charge in [0.2, 0.25) is 10.0 Å². The Hall–Kier alpha value is -3.17. The average Bonchev–Trinajstić information content (AvgIpc) is 2.60. The van der Waals surface area contributed by atoms with Gasteiger partial charge in [0.15, 0.2) is 0 Å². The summed E-state index contributed by atoms with van der Waals surface area (Å²) in [4.78, 5) is 23.4. The van der Waals surface area contributed by atoms with E-state index in [1.165, 1.54) is 30.3 Å². The molecular weight excluding hydrogens is 358 g/mol. The number of carbonyl (C=O) groups is 2. The average molecular weight is 375 g/mol. The lowest BCUT2D eigenvalue weighted by molar-refractivity contribution is -0.115. The molecule has 2 rings (SSSR count). The quantitative estimate of drug-likeness (QED) is 0.686. The summed E-state index contributed by atoms with van der Waals surface area (Å²) in [5.41, 5.74) is 1.07. The first-order valence-corrected chi connectivity index (χ1v) is 8.89. The number of carbonyl (C=O) groups excluding carboxylic acids is 2. The first kappa shape index (κ1) is 19.2. The molecule has 0 radical (unpaired) electrons. The van der Waals surface area contributed by atoms with Crippen molar-refractivity contribution in [1.82, 2.24) is 5.32 Å². The lowest BCUT2D eigenvalue weighted by Gasteiger charge is -2.06. The van der Waals surface area contributed by atoms with Crippen LogP contribution in [0.25, 0.3) is 6.08 Å². The standard InChI is InChI=1S/C17H17N3O5S/c1-25-14-7-2-12(3-8-14)4-11-16(21)20-17(22)19-13-5-9-15(10-6-13)26(18,23)24/h2-11H,1H3,(H2,18,23,24)(H2,19,20,21,22). The summed E-state index contributed by atoms with van der Waals surface area (Å²) in [7, 11) is -2.25. The first-order valence-electron chi connectivity index (χ1n) is 7.35. The Morgan fingerprint density at radius 3 is 2.19 bits per heavy atom. The monoisotopic (exact) mass is 375 g/mol. The van der Waals surface area contributed by atoms with Crippen molar-refractivity contribution in [3.05, 3.63) is 60.2 Å². The molecule has 8 nitrogen and oxygen atoms in total. The van der Waals surface area contributed by atoms with Crippen molar-refractivity contribution in [2.24, 2.45) is 5.14 Å². The predicted octanol–water partition coefficient (Wildman–Crippen LogP) is 1.70. The molecule has 0 aliphatic carbocycles. The molecule has 0 spiro atoms. The summed E-state index contributed by atoms with van der Waals surface area (Å²) in [5.74, 6) is 0.0823. The zero-order valence-electron chi connectivity index (χ0n) is 13.8. The van der Waals surface area contributed by atoms with Crippen LogP contribution in [0, 0.1) is 0 Å². The zero-order valence-corrected chi connectivity index (χ0v) is 14.6. The number of sulfonamides is 1. The maximum atomic E-state index is 11.8. The van der Waals surface area contributed by atoms with Gasteiger partial charge in [0.25, 0.3) is 5.91 Å². The Morgan fingerprint density at radius 1 is 1.04 bits per heavy atom. The van der Waals surface area contributed by atoms with Gasteiger partial charge in [-0.25, -0.2) is 18.4 Å². The highest BCUT2D eigenvalue weighted by Crippen LogP contribution is 2.13. The van der Waals surface area contributed by atoms with Gasteiger partial charge in [0, 0.05) is 11.8 Å². The molecule has 0 bridgehead atoms. The van der Waals surface area contributed by atoms with E-state index in [1.807, 2.05) is 0 Å². The number of rotatable bonds is 5. The number of methoxy groups -OCH3 is 1. The molecule has 0 saturated heterocycles. The Bertz CT molecular complexity index is 920. The third-order valence-corrected chi connectivity index (χ3v) is 4.15. The second-order valence-corrected chi connectivity index (χ2v) is 6.68. The maximum absolute atomic E-state index is 11.8. The Kier molecular flexibility index (Phi) is 6.10. The van der Waals surface area contributed by atoms with E-state index in [0.717, 1.165) is 5.56 Å². The Balaban J connectivity index is 1.90. The summed E-state index contributed by atoms with van der Waals surface area (Å²) in [6.07, 6.45) is 2.76. The van der Waals surface area contributed by atoms with Crippen molar-refractivity contribution in [3.63, 3.8) is 0 Å². The number of hydrogen-bond donors (Lipinski definition) is 3. The fourth-order valence-electron chi connectivity index (χ4n) is 1.93. The summed E-state index contributed by atoms with van der Waals surface area (Å²) in [6, 6.07) is 11.5. The number of amides is 3. The number of nitrogens with two attached hydrogens (primary N) is 1. The van der Waals surface area contributed by atoms with Crippen LogP contribution in [0.3, 0.4) is 0 Å². The summed E-state index contributed by atoms with van der Waals surface area (Å²) < 4.78 is 27.3. The molecule has 4 N–H and O–H groups in total. The number of primary sulfonamides is 1. The Labute approximate surface area is 150 Å². The smallest absolute Gasteiger partial charge is 0.326 e. The van der Waals surface area contributed by atoms with Crippen LogP contribution in [-0.4, -0.2) is 27.5 Å². The lowest BCUT2D eigenvalue weighted by atomic mass is 10.2. The van der Waals surface area contributed by atoms with Gasteiger partial charge in [-0.1, -0.05) is 12.1 Å². The minimum atomic E-state index is -3.80. The topological polar surface area (TPSA) is 128 Å². The molecule has 0 saturated carbocycles. The number of urea groups is 1. The zero-order chi connectivity index (χ0) is 19.2. The van der Waals surface area contributed by atoms with Crippen LogP contribution in [0.1, 0.15) is 5.56 Å². The highest BCUT2D eigenvalue weighted by atomic mass is 32.2. The van der Waals surface area contributed by atoms with Gasteiger partial charge in [-0.15, -0.1) is 0 Å². The van der Waals surface area contributed by atoms with Crippen molar-refractivity contribution < 1.29 is 22.7 Å². The van der Waals surface area contributed by atoms with Gasteiger partial charge in [-0.3, -0.25) is 10.1 Å². The third kappa shape index (κ3) is 5.72. The SMILES string of the molecule is COc1ccc(C=CC(=O)NC(=O)Nc2ccc(S(N)(=O)=O)cc2)cc1. The van der Waals surface area contributed by atoms with Gasteiger partial charge >= 0.3 is 6.03 Å². The largest absolute Gasteiger partial charge is 0.497 e. The molecule has 0 aliphatic heterocycles. The second kappa shape index (κ2) is 8.28. The van der Waals surface area contributed by atoms with Crippen LogP contribution >= 0.6 is 0 Å². The fraction of sp³-hybridized carbons (Fsp3) is 0.0588. The minimum absolute atomic E-state index is 0.0815. The molecule has 2 aromatic rings. The van der Waals surface area contributed by atoms with Crippen molar-refractivity contribution in [1.29, 1.82) is 0 Å². The molecule has 3 amide bonds. The molecule has 0 atom stereocenters.